The number of anilines is 1. The van der Waals surface area contributed by atoms with E-state index in [1.807, 2.05) is 18.2 Å². The molecule has 0 amide bonds. The van der Waals surface area contributed by atoms with Gasteiger partial charge in [0.15, 0.2) is 5.82 Å². The second-order valence-corrected chi connectivity index (χ2v) is 6.89. The summed E-state index contributed by atoms with van der Waals surface area (Å²) in [6, 6.07) is 5.71. The normalized spacial score (nSPS) is 28.1. The zero-order valence-corrected chi connectivity index (χ0v) is 12.6. The maximum Gasteiger partial charge on any atom is 0.260 e. The molecule has 1 aromatic carbocycles. The first-order valence-electron chi connectivity index (χ1n) is 7.09. The first-order chi connectivity index (χ1) is 9.70. The first kappa shape index (κ1) is 12.4. The lowest BCUT2D eigenvalue weighted by atomic mass is 9.88. The Hall–Kier alpha value is -1.36. The zero-order valence-electron chi connectivity index (χ0n) is 11.1. The zero-order chi connectivity index (χ0) is 13.7. The molecule has 3 atom stereocenters. The minimum Gasteiger partial charge on any atom is -0.398 e. The van der Waals surface area contributed by atoms with Crippen LogP contribution in [0.5, 0.6) is 0 Å². The number of hydrogen-bond acceptors (Lipinski definition) is 4. The molecule has 2 fully saturated rings. The number of nitrogens with zero attached hydrogens (tertiary/aromatic N) is 2. The predicted octanol–water partition coefficient (Wildman–Crippen LogP) is 3.98. The Morgan fingerprint density at radius 3 is 2.85 bits per heavy atom. The Balaban J connectivity index is 1.65. The Kier molecular flexibility index (Phi) is 2.84. The predicted molar refractivity (Wildman–Crippen MR) is 80.0 cm³/mol. The third-order valence-corrected chi connectivity index (χ3v) is 5.25. The standard InChI is InChI=1S/C15H16BrN3O/c16-10-3-4-11(13(17)7-10)15-18-14(19-20-15)12-6-8-1-2-9(12)5-8/h3-4,7-9,12H,1-2,5-6,17H2. The molecule has 20 heavy (non-hydrogen) atoms. The summed E-state index contributed by atoms with van der Waals surface area (Å²) < 4.78 is 6.39. The Morgan fingerprint density at radius 2 is 2.15 bits per heavy atom. The van der Waals surface area contributed by atoms with E-state index in [1.54, 1.807) is 0 Å². The lowest BCUT2D eigenvalue weighted by Crippen LogP contribution is -2.09. The SMILES string of the molecule is Nc1cc(Br)ccc1-c1nc(C2CC3CCC2C3)no1. The number of aromatic nitrogens is 2. The lowest BCUT2D eigenvalue weighted by molar-refractivity contribution is 0.372. The highest BCUT2D eigenvalue weighted by Crippen LogP contribution is 2.52. The van der Waals surface area contributed by atoms with E-state index < -0.39 is 0 Å². The van der Waals surface area contributed by atoms with Crippen LogP contribution in [0.1, 0.15) is 37.4 Å². The molecule has 2 saturated carbocycles. The summed E-state index contributed by atoms with van der Waals surface area (Å²) in [5, 5.41) is 4.20. The molecule has 0 spiro atoms. The van der Waals surface area contributed by atoms with Gasteiger partial charge in [0.05, 0.1) is 5.56 Å². The van der Waals surface area contributed by atoms with Gasteiger partial charge in [0.25, 0.3) is 5.89 Å². The molecular weight excluding hydrogens is 318 g/mol. The summed E-state index contributed by atoms with van der Waals surface area (Å²) >= 11 is 3.40. The van der Waals surface area contributed by atoms with Gasteiger partial charge < -0.3 is 10.3 Å². The number of nitrogen functional groups attached to an aromatic ring is 1. The molecular formula is C15H16BrN3O. The highest BCUT2D eigenvalue weighted by molar-refractivity contribution is 9.10. The molecule has 4 nitrogen and oxygen atoms in total. The number of nitrogens with two attached hydrogens (primary N) is 1. The van der Waals surface area contributed by atoms with Gasteiger partial charge in [-0.1, -0.05) is 27.5 Å². The second kappa shape index (κ2) is 4.58. The molecule has 4 rings (SSSR count). The largest absolute Gasteiger partial charge is 0.398 e. The minimum absolute atomic E-state index is 0.489. The van der Waals surface area contributed by atoms with Gasteiger partial charge in [0.2, 0.25) is 0 Å². The van der Waals surface area contributed by atoms with Crippen molar-refractivity contribution in [3.63, 3.8) is 0 Å². The van der Waals surface area contributed by atoms with Crippen molar-refractivity contribution in [2.75, 3.05) is 5.73 Å². The molecule has 1 aromatic heterocycles. The Labute approximate surface area is 125 Å². The molecule has 104 valence electrons. The van der Waals surface area contributed by atoms with Crippen molar-refractivity contribution in [1.29, 1.82) is 0 Å². The van der Waals surface area contributed by atoms with Crippen molar-refractivity contribution in [2.45, 2.75) is 31.6 Å². The number of benzene rings is 1. The van der Waals surface area contributed by atoms with Gasteiger partial charge in [0, 0.05) is 16.1 Å². The lowest BCUT2D eigenvalue weighted by Gasteiger charge is -2.17. The molecule has 2 aromatic rings. The van der Waals surface area contributed by atoms with E-state index in [4.69, 9.17) is 10.3 Å². The molecule has 2 N–H and O–H groups in total. The van der Waals surface area contributed by atoms with Crippen LogP contribution in [0.3, 0.4) is 0 Å². The fraction of sp³-hybridized carbons (Fsp3) is 0.467. The average molecular weight is 334 g/mol. The van der Waals surface area contributed by atoms with Crippen molar-refractivity contribution >= 4 is 21.6 Å². The van der Waals surface area contributed by atoms with Gasteiger partial charge in [-0.25, -0.2) is 0 Å². The van der Waals surface area contributed by atoms with Gasteiger partial charge in [-0.2, -0.15) is 4.98 Å². The summed E-state index contributed by atoms with van der Waals surface area (Å²) in [7, 11) is 0. The molecule has 2 aliphatic carbocycles. The summed E-state index contributed by atoms with van der Waals surface area (Å²) in [5.41, 5.74) is 7.49. The summed E-state index contributed by atoms with van der Waals surface area (Å²) in [4.78, 5) is 4.60. The summed E-state index contributed by atoms with van der Waals surface area (Å²) in [6.45, 7) is 0. The van der Waals surface area contributed by atoms with Gasteiger partial charge in [0.1, 0.15) is 0 Å². The van der Waals surface area contributed by atoms with Crippen molar-refractivity contribution in [1.82, 2.24) is 10.1 Å². The van der Waals surface area contributed by atoms with Crippen LogP contribution in [0, 0.1) is 11.8 Å². The van der Waals surface area contributed by atoms with Crippen LogP contribution in [0.2, 0.25) is 0 Å². The second-order valence-electron chi connectivity index (χ2n) is 5.97. The number of halogens is 1. The van der Waals surface area contributed by atoms with Crippen molar-refractivity contribution < 1.29 is 4.52 Å². The van der Waals surface area contributed by atoms with E-state index in [9.17, 15) is 0 Å². The highest BCUT2D eigenvalue weighted by Gasteiger charge is 2.42. The molecule has 3 unspecified atom stereocenters. The first-order valence-corrected chi connectivity index (χ1v) is 7.89. The molecule has 0 radical (unpaired) electrons. The number of fused-ring (bicyclic) bond motifs is 2. The van der Waals surface area contributed by atoms with E-state index in [1.165, 1.54) is 25.7 Å². The van der Waals surface area contributed by atoms with Crippen molar-refractivity contribution in [2.24, 2.45) is 11.8 Å². The van der Waals surface area contributed by atoms with E-state index in [-0.39, 0.29) is 0 Å². The molecule has 2 aliphatic rings. The monoisotopic (exact) mass is 333 g/mol. The van der Waals surface area contributed by atoms with Crippen LogP contribution in [0.25, 0.3) is 11.5 Å². The smallest absolute Gasteiger partial charge is 0.260 e. The molecule has 0 saturated heterocycles. The van der Waals surface area contributed by atoms with Crippen molar-refractivity contribution in [3.05, 3.63) is 28.5 Å². The average Bonchev–Trinajstić information content (AvgIpc) is 3.14. The van der Waals surface area contributed by atoms with E-state index in [0.717, 1.165) is 27.7 Å². The van der Waals surface area contributed by atoms with Crippen LogP contribution in [-0.4, -0.2) is 10.1 Å². The maximum atomic E-state index is 6.02. The summed E-state index contributed by atoms with van der Waals surface area (Å²) in [6.07, 6.45) is 5.26. The van der Waals surface area contributed by atoms with E-state index >= 15 is 0 Å². The van der Waals surface area contributed by atoms with Crippen LogP contribution in [0.15, 0.2) is 27.2 Å². The third-order valence-electron chi connectivity index (χ3n) is 4.76. The highest BCUT2D eigenvalue weighted by atomic mass is 79.9. The van der Waals surface area contributed by atoms with Gasteiger partial charge in [-0.3, -0.25) is 0 Å². The molecule has 5 heteroatoms. The topological polar surface area (TPSA) is 64.9 Å². The quantitative estimate of drug-likeness (QED) is 0.844. The van der Waals surface area contributed by atoms with Gasteiger partial charge >= 0.3 is 0 Å². The third kappa shape index (κ3) is 1.95. The number of rotatable bonds is 2. The van der Waals surface area contributed by atoms with Crippen LogP contribution in [0.4, 0.5) is 5.69 Å². The van der Waals surface area contributed by atoms with Crippen LogP contribution in [-0.2, 0) is 0 Å². The minimum atomic E-state index is 0.489. The van der Waals surface area contributed by atoms with Gasteiger partial charge in [-0.05, 0) is 49.3 Å². The molecule has 0 aliphatic heterocycles. The van der Waals surface area contributed by atoms with Crippen LogP contribution < -0.4 is 5.73 Å². The van der Waals surface area contributed by atoms with E-state index in [2.05, 4.69) is 26.1 Å². The van der Waals surface area contributed by atoms with E-state index in [0.29, 0.717) is 17.5 Å². The molecule has 2 bridgehead atoms. The fourth-order valence-corrected chi connectivity index (χ4v) is 4.16. The van der Waals surface area contributed by atoms with Crippen LogP contribution >= 0.6 is 15.9 Å². The Morgan fingerprint density at radius 1 is 1.25 bits per heavy atom. The van der Waals surface area contributed by atoms with Gasteiger partial charge in [-0.15, -0.1) is 0 Å². The van der Waals surface area contributed by atoms with Crippen molar-refractivity contribution in [3.8, 4) is 11.5 Å². The molecule has 1 heterocycles. The Bertz CT molecular complexity index is 654. The maximum absolute atomic E-state index is 6.02. The fourth-order valence-electron chi connectivity index (χ4n) is 3.78. The summed E-state index contributed by atoms with van der Waals surface area (Å²) in [5.74, 6) is 3.53. The number of hydrogen-bond donors (Lipinski definition) is 1.